The molecule has 17 heavy (non-hydrogen) atoms. The maximum atomic E-state index is 4.72. The highest BCUT2D eigenvalue weighted by atomic mass is 32.2. The van der Waals surface area contributed by atoms with Crippen molar-refractivity contribution in [3.05, 3.63) is 41.3 Å². The molecule has 1 heterocycles. The lowest BCUT2D eigenvalue weighted by molar-refractivity contribution is 0.567. The Balaban J connectivity index is 2.20. The van der Waals surface area contributed by atoms with Crippen molar-refractivity contribution in [3.8, 4) is 0 Å². The molecule has 0 bridgehead atoms. The molecule has 0 aliphatic carbocycles. The lowest BCUT2D eigenvalue weighted by Gasteiger charge is -2.17. The Kier molecular flexibility index (Phi) is 3.29. The molecule has 1 unspecified atom stereocenters. The van der Waals surface area contributed by atoms with Gasteiger partial charge in [-0.25, -0.2) is 0 Å². The number of rotatable bonds is 2. The molecule has 1 aromatic carbocycles. The summed E-state index contributed by atoms with van der Waals surface area (Å²) in [5.74, 6) is 0. The molecule has 1 atom stereocenters. The van der Waals surface area contributed by atoms with Crippen LogP contribution in [0.2, 0.25) is 0 Å². The summed E-state index contributed by atoms with van der Waals surface area (Å²) < 4.78 is 0. The smallest absolute Gasteiger partial charge is 0.166 e. The van der Waals surface area contributed by atoms with Gasteiger partial charge in [0.2, 0.25) is 0 Å². The predicted molar refractivity (Wildman–Crippen MR) is 77.7 cm³/mol. The van der Waals surface area contributed by atoms with Gasteiger partial charge in [0.25, 0.3) is 0 Å². The van der Waals surface area contributed by atoms with Gasteiger partial charge in [-0.1, -0.05) is 43.5 Å². The molecule has 1 N–H and O–H groups in total. The van der Waals surface area contributed by atoms with Crippen LogP contribution in [0.4, 0.5) is 5.69 Å². The number of nitrogens with one attached hydrogen (secondary N) is 1. The van der Waals surface area contributed by atoms with Crippen molar-refractivity contribution < 1.29 is 0 Å². The molecule has 0 fully saturated rings. The minimum Gasteiger partial charge on any atom is -0.334 e. The van der Waals surface area contributed by atoms with Crippen LogP contribution in [0, 0.1) is 6.92 Å². The summed E-state index contributed by atoms with van der Waals surface area (Å²) >= 11 is 1.65. The first-order valence-electron chi connectivity index (χ1n) is 5.85. The van der Waals surface area contributed by atoms with E-state index in [9.17, 15) is 0 Å². The number of aliphatic imine (C=N–C) groups is 1. The summed E-state index contributed by atoms with van der Waals surface area (Å²) in [7, 11) is 0. The number of anilines is 1. The van der Waals surface area contributed by atoms with E-state index in [4.69, 9.17) is 4.99 Å². The maximum Gasteiger partial charge on any atom is 0.166 e. The molecule has 1 aromatic rings. The Morgan fingerprint density at radius 3 is 2.71 bits per heavy atom. The van der Waals surface area contributed by atoms with E-state index in [1.807, 2.05) is 12.1 Å². The van der Waals surface area contributed by atoms with Crippen LogP contribution in [0.1, 0.15) is 25.8 Å². The topological polar surface area (TPSA) is 24.4 Å². The van der Waals surface area contributed by atoms with Crippen molar-refractivity contribution in [2.45, 2.75) is 32.7 Å². The highest BCUT2D eigenvalue weighted by molar-refractivity contribution is 8.17. The molecular formula is C14H18N2S. The van der Waals surface area contributed by atoms with Crippen LogP contribution in [-0.4, -0.2) is 10.7 Å². The minimum atomic E-state index is -0.115. The molecule has 2 nitrogen and oxygen atoms in total. The zero-order valence-corrected chi connectivity index (χ0v) is 11.4. The summed E-state index contributed by atoms with van der Waals surface area (Å²) in [4.78, 5) is 5.85. The molecule has 0 spiro atoms. The number of nitrogens with zero attached hydrogens (tertiary/aromatic N) is 1. The average molecular weight is 246 g/mol. The van der Waals surface area contributed by atoms with Crippen LogP contribution in [0.15, 0.2) is 40.7 Å². The van der Waals surface area contributed by atoms with E-state index in [2.05, 4.69) is 44.8 Å². The lowest BCUT2D eigenvalue weighted by Crippen LogP contribution is -2.18. The number of thioether (sulfide) groups is 1. The van der Waals surface area contributed by atoms with Gasteiger partial charge in [-0.3, -0.25) is 4.99 Å². The van der Waals surface area contributed by atoms with Crippen molar-refractivity contribution in [3.63, 3.8) is 0 Å². The molecule has 2 rings (SSSR count). The van der Waals surface area contributed by atoms with Crippen molar-refractivity contribution in [2.24, 2.45) is 4.99 Å². The maximum absolute atomic E-state index is 4.72. The summed E-state index contributed by atoms with van der Waals surface area (Å²) in [6.07, 6.45) is 0.984. The summed E-state index contributed by atoms with van der Waals surface area (Å²) in [5, 5.41) is 4.33. The van der Waals surface area contributed by atoms with Crippen molar-refractivity contribution in [1.29, 1.82) is 0 Å². The average Bonchev–Trinajstić information content (AvgIpc) is 2.59. The van der Waals surface area contributed by atoms with Gasteiger partial charge in [0.15, 0.2) is 5.17 Å². The molecule has 0 saturated heterocycles. The molecule has 0 radical (unpaired) electrons. The van der Waals surface area contributed by atoms with Crippen LogP contribution in [0.5, 0.6) is 0 Å². The van der Waals surface area contributed by atoms with Crippen LogP contribution in [0.3, 0.4) is 0 Å². The predicted octanol–water partition coefficient (Wildman–Crippen LogP) is 4.19. The van der Waals surface area contributed by atoms with E-state index in [0.29, 0.717) is 0 Å². The second-order valence-corrected chi connectivity index (χ2v) is 5.59. The Bertz CT molecular complexity index is 479. The van der Waals surface area contributed by atoms with Crippen LogP contribution in [-0.2, 0) is 0 Å². The zero-order chi connectivity index (χ0) is 12.5. The molecule has 3 heteroatoms. The quantitative estimate of drug-likeness (QED) is 0.846. The van der Waals surface area contributed by atoms with E-state index < -0.39 is 0 Å². The number of benzene rings is 1. The second kappa shape index (κ2) is 4.57. The molecule has 1 aliphatic rings. The van der Waals surface area contributed by atoms with E-state index >= 15 is 0 Å². The van der Waals surface area contributed by atoms with Gasteiger partial charge < -0.3 is 5.32 Å². The highest BCUT2D eigenvalue weighted by Gasteiger charge is 2.33. The van der Waals surface area contributed by atoms with E-state index in [1.165, 1.54) is 5.56 Å². The Morgan fingerprint density at radius 2 is 2.12 bits per heavy atom. The van der Waals surface area contributed by atoms with Gasteiger partial charge in [0, 0.05) is 10.6 Å². The molecule has 0 amide bonds. The number of aryl methyl sites for hydroxylation is 1. The number of para-hydroxylation sites is 1. The molecular weight excluding hydrogens is 228 g/mol. The van der Waals surface area contributed by atoms with Gasteiger partial charge in [0.05, 0.1) is 5.54 Å². The van der Waals surface area contributed by atoms with Crippen LogP contribution >= 0.6 is 11.8 Å². The van der Waals surface area contributed by atoms with Gasteiger partial charge in [-0.2, -0.15) is 0 Å². The van der Waals surface area contributed by atoms with E-state index in [1.54, 1.807) is 11.8 Å². The van der Waals surface area contributed by atoms with Crippen molar-refractivity contribution in [1.82, 2.24) is 0 Å². The van der Waals surface area contributed by atoms with Gasteiger partial charge in [0.1, 0.15) is 0 Å². The SMILES string of the molecule is C=C1SC(Nc2ccccc2C)=NC1(C)CC. The largest absolute Gasteiger partial charge is 0.334 e. The van der Waals surface area contributed by atoms with Gasteiger partial charge >= 0.3 is 0 Å². The third-order valence-electron chi connectivity index (χ3n) is 3.24. The number of amidine groups is 1. The Labute approximate surface area is 107 Å². The second-order valence-electron chi connectivity index (χ2n) is 4.51. The monoisotopic (exact) mass is 246 g/mol. The standard InChI is InChI=1S/C14H18N2S/c1-5-14(4)11(3)17-13(16-14)15-12-9-7-6-8-10(12)2/h6-9H,3,5H2,1-2,4H3,(H,15,16). The number of hydrogen-bond donors (Lipinski definition) is 1. The van der Waals surface area contributed by atoms with Crippen molar-refractivity contribution in [2.75, 3.05) is 5.32 Å². The van der Waals surface area contributed by atoms with Crippen LogP contribution in [0.25, 0.3) is 0 Å². The normalized spacial score (nSPS) is 23.7. The first-order chi connectivity index (χ1) is 8.05. The van der Waals surface area contributed by atoms with Gasteiger partial charge in [-0.15, -0.1) is 0 Å². The molecule has 90 valence electrons. The summed E-state index contributed by atoms with van der Waals surface area (Å²) in [6.45, 7) is 10.5. The third-order valence-corrected chi connectivity index (χ3v) is 4.32. The summed E-state index contributed by atoms with van der Waals surface area (Å²) in [5.41, 5.74) is 2.23. The zero-order valence-electron chi connectivity index (χ0n) is 10.6. The number of hydrogen-bond acceptors (Lipinski definition) is 3. The van der Waals surface area contributed by atoms with Crippen LogP contribution < -0.4 is 5.32 Å². The van der Waals surface area contributed by atoms with Gasteiger partial charge in [-0.05, 0) is 31.9 Å². The first kappa shape index (κ1) is 12.2. The lowest BCUT2D eigenvalue weighted by atomic mass is 10.0. The fraction of sp³-hybridized carbons (Fsp3) is 0.357. The molecule has 1 aliphatic heterocycles. The fourth-order valence-electron chi connectivity index (χ4n) is 1.69. The fourth-order valence-corrected chi connectivity index (χ4v) is 2.75. The Morgan fingerprint density at radius 1 is 1.41 bits per heavy atom. The summed E-state index contributed by atoms with van der Waals surface area (Å²) in [6, 6.07) is 8.24. The Hall–Kier alpha value is -1.22. The van der Waals surface area contributed by atoms with E-state index in [-0.39, 0.29) is 5.54 Å². The highest BCUT2D eigenvalue weighted by Crippen LogP contribution is 2.40. The first-order valence-corrected chi connectivity index (χ1v) is 6.66. The third kappa shape index (κ3) is 2.39. The van der Waals surface area contributed by atoms with Crippen molar-refractivity contribution >= 4 is 22.6 Å². The molecule has 0 aromatic heterocycles. The minimum absolute atomic E-state index is 0.115. The molecule has 0 saturated carbocycles. The van der Waals surface area contributed by atoms with E-state index in [0.717, 1.165) is 22.2 Å².